The van der Waals surface area contributed by atoms with Crippen molar-refractivity contribution in [3.8, 4) is 0 Å². The standard InChI is InChI=1S/C15H21FN2O2/c1-20-13-8-10-18(11-13)15(19)17-9-4-6-12-5-2-3-7-14(12)16/h2-3,5,7,13H,4,6,8-11H2,1H3,(H,17,19). The number of likely N-dealkylation sites (tertiary alicyclic amines) is 1. The highest BCUT2D eigenvalue weighted by Crippen LogP contribution is 2.12. The van der Waals surface area contributed by atoms with Gasteiger partial charge in [0.15, 0.2) is 0 Å². The fourth-order valence-electron chi connectivity index (χ4n) is 2.39. The van der Waals surface area contributed by atoms with Gasteiger partial charge in [-0.2, -0.15) is 0 Å². The molecule has 1 unspecified atom stereocenters. The predicted octanol–water partition coefficient (Wildman–Crippen LogP) is 2.19. The molecule has 0 bridgehead atoms. The normalized spacial score (nSPS) is 18.3. The van der Waals surface area contributed by atoms with E-state index >= 15 is 0 Å². The molecular weight excluding hydrogens is 259 g/mol. The number of aryl methyl sites for hydroxylation is 1. The monoisotopic (exact) mass is 280 g/mol. The minimum atomic E-state index is -0.179. The summed E-state index contributed by atoms with van der Waals surface area (Å²) in [5.74, 6) is -0.179. The van der Waals surface area contributed by atoms with Crippen molar-refractivity contribution < 1.29 is 13.9 Å². The summed E-state index contributed by atoms with van der Waals surface area (Å²) < 4.78 is 18.6. The van der Waals surface area contributed by atoms with Gasteiger partial charge in [-0.1, -0.05) is 18.2 Å². The van der Waals surface area contributed by atoms with E-state index in [2.05, 4.69) is 5.32 Å². The van der Waals surface area contributed by atoms with Gasteiger partial charge in [0.25, 0.3) is 0 Å². The number of carbonyl (C=O) groups excluding carboxylic acids is 1. The molecule has 0 aliphatic carbocycles. The second-order valence-corrected chi connectivity index (χ2v) is 5.02. The molecule has 1 aromatic rings. The first-order chi connectivity index (χ1) is 9.70. The number of rotatable bonds is 5. The second-order valence-electron chi connectivity index (χ2n) is 5.02. The SMILES string of the molecule is COC1CCN(C(=O)NCCCc2ccccc2F)C1. The van der Waals surface area contributed by atoms with Crippen LogP contribution >= 0.6 is 0 Å². The van der Waals surface area contributed by atoms with Crippen LogP contribution in [-0.2, 0) is 11.2 Å². The molecule has 1 aromatic carbocycles. The molecule has 1 aliphatic rings. The van der Waals surface area contributed by atoms with Gasteiger partial charge in [0.05, 0.1) is 6.10 Å². The van der Waals surface area contributed by atoms with Crippen LogP contribution in [0.2, 0.25) is 0 Å². The number of nitrogens with zero attached hydrogens (tertiary/aromatic N) is 1. The Bertz CT molecular complexity index is 453. The number of methoxy groups -OCH3 is 1. The Morgan fingerprint density at radius 3 is 3.00 bits per heavy atom. The molecule has 1 aliphatic heterocycles. The van der Waals surface area contributed by atoms with E-state index in [1.165, 1.54) is 6.07 Å². The van der Waals surface area contributed by atoms with Crippen molar-refractivity contribution in [3.05, 3.63) is 35.6 Å². The fourth-order valence-corrected chi connectivity index (χ4v) is 2.39. The van der Waals surface area contributed by atoms with Crippen LogP contribution in [-0.4, -0.2) is 43.8 Å². The Morgan fingerprint density at radius 2 is 2.30 bits per heavy atom. The largest absolute Gasteiger partial charge is 0.380 e. The maximum Gasteiger partial charge on any atom is 0.317 e. The number of hydrogen-bond donors (Lipinski definition) is 1. The van der Waals surface area contributed by atoms with Crippen molar-refractivity contribution in [2.45, 2.75) is 25.4 Å². The molecule has 1 saturated heterocycles. The molecule has 4 nitrogen and oxygen atoms in total. The molecule has 2 amide bonds. The second kappa shape index (κ2) is 7.24. The summed E-state index contributed by atoms with van der Waals surface area (Å²) in [6.45, 7) is 1.94. The minimum Gasteiger partial charge on any atom is -0.380 e. The Kier molecular flexibility index (Phi) is 5.35. The molecule has 5 heteroatoms. The van der Waals surface area contributed by atoms with Crippen LogP contribution in [0.25, 0.3) is 0 Å². The van der Waals surface area contributed by atoms with E-state index in [1.54, 1.807) is 24.1 Å². The lowest BCUT2D eigenvalue weighted by atomic mass is 10.1. The van der Waals surface area contributed by atoms with Crippen molar-refractivity contribution in [1.82, 2.24) is 10.2 Å². The quantitative estimate of drug-likeness (QED) is 0.840. The van der Waals surface area contributed by atoms with E-state index in [4.69, 9.17) is 4.74 Å². The third kappa shape index (κ3) is 3.93. The number of ether oxygens (including phenoxy) is 1. The summed E-state index contributed by atoms with van der Waals surface area (Å²) in [5, 5.41) is 2.87. The van der Waals surface area contributed by atoms with Crippen molar-refractivity contribution in [3.63, 3.8) is 0 Å². The van der Waals surface area contributed by atoms with Gasteiger partial charge >= 0.3 is 6.03 Å². The molecule has 0 radical (unpaired) electrons. The van der Waals surface area contributed by atoms with Gasteiger partial charge in [0.2, 0.25) is 0 Å². The molecule has 0 aromatic heterocycles. The molecule has 0 spiro atoms. The van der Waals surface area contributed by atoms with Crippen LogP contribution in [0.1, 0.15) is 18.4 Å². The summed E-state index contributed by atoms with van der Waals surface area (Å²) in [7, 11) is 1.67. The van der Waals surface area contributed by atoms with Crippen molar-refractivity contribution in [2.75, 3.05) is 26.7 Å². The number of amides is 2. The number of hydrogen-bond acceptors (Lipinski definition) is 2. The summed E-state index contributed by atoms with van der Waals surface area (Å²) in [6.07, 6.45) is 2.40. The van der Waals surface area contributed by atoms with Crippen molar-refractivity contribution >= 4 is 6.03 Å². The molecule has 2 rings (SSSR count). The van der Waals surface area contributed by atoms with E-state index < -0.39 is 0 Å². The Balaban J connectivity index is 1.66. The first-order valence-corrected chi connectivity index (χ1v) is 6.99. The first kappa shape index (κ1) is 14.8. The first-order valence-electron chi connectivity index (χ1n) is 6.99. The number of halogens is 1. The van der Waals surface area contributed by atoms with Gasteiger partial charge in [-0.05, 0) is 30.9 Å². The average Bonchev–Trinajstić information content (AvgIpc) is 2.94. The maximum absolute atomic E-state index is 13.4. The molecule has 1 N–H and O–H groups in total. The van der Waals surface area contributed by atoms with E-state index in [9.17, 15) is 9.18 Å². The van der Waals surface area contributed by atoms with Crippen LogP contribution in [0, 0.1) is 5.82 Å². The van der Waals surface area contributed by atoms with E-state index in [0.717, 1.165) is 19.4 Å². The van der Waals surface area contributed by atoms with Gasteiger partial charge in [-0.15, -0.1) is 0 Å². The number of urea groups is 1. The molecule has 1 fully saturated rings. The van der Waals surface area contributed by atoms with E-state index in [0.29, 0.717) is 25.1 Å². The number of nitrogens with one attached hydrogen (secondary N) is 1. The molecule has 0 saturated carbocycles. The third-order valence-electron chi connectivity index (χ3n) is 3.62. The Labute approximate surface area is 118 Å². The molecular formula is C15H21FN2O2. The van der Waals surface area contributed by atoms with Crippen molar-refractivity contribution in [1.29, 1.82) is 0 Å². The summed E-state index contributed by atoms with van der Waals surface area (Å²) in [4.78, 5) is 13.6. The predicted molar refractivity (Wildman–Crippen MR) is 75.1 cm³/mol. The lowest BCUT2D eigenvalue weighted by Crippen LogP contribution is -2.39. The summed E-state index contributed by atoms with van der Waals surface area (Å²) in [6, 6.07) is 6.69. The van der Waals surface area contributed by atoms with Crippen LogP contribution in [0.15, 0.2) is 24.3 Å². The molecule has 1 heterocycles. The Morgan fingerprint density at radius 1 is 1.50 bits per heavy atom. The Hall–Kier alpha value is -1.62. The third-order valence-corrected chi connectivity index (χ3v) is 3.62. The highest BCUT2D eigenvalue weighted by atomic mass is 19.1. The van der Waals surface area contributed by atoms with Gasteiger partial charge in [-0.3, -0.25) is 0 Å². The number of benzene rings is 1. The molecule has 110 valence electrons. The lowest BCUT2D eigenvalue weighted by molar-refractivity contribution is 0.110. The van der Waals surface area contributed by atoms with Gasteiger partial charge in [0.1, 0.15) is 5.82 Å². The highest BCUT2D eigenvalue weighted by molar-refractivity contribution is 5.74. The summed E-state index contributed by atoms with van der Waals surface area (Å²) >= 11 is 0. The lowest BCUT2D eigenvalue weighted by Gasteiger charge is -2.17. The summed E-state index contributed by atoms with van der Waals surface area (Å²) in [5.41, 5.74) is 0.697. The van der Waals surface area contributed by atoms with Crippen LogP contribution in [0.5, 0.6) is 0 Å². The van der Waals surface area contributed by atoms with E-state index in [-0.39, 0.29) is 18.0 Å². The van der Waals surface area contributed by atoms with Crippen LogP contribution < -0.4 is 5.32 Å². The number of carbonyl (C=O) groups is 1. The van der Waals surface area contributed by atoms with Crippen molar-refractivity contribution in [2.24, 2.45) is 0 Å². The zero-order valence-corrected chi connectivity index (χ0v) is 11.8. The minimum absolute atomic E-state index is 0.0573. The zero-order valence-electron chi connectivity index (χ0n) is 11.8. The average molecular weight is 280 g/mol. The smallest absolute Gasteiger partial charge is 0.317 e. The van der Waals surface area contributed by atoms with Crippen LogP contribution in [0.3, 0.4) is 0 Å². The van der Waals surface area contributed by atoms with Crippen LogP contribution in [0.4, 0.5) is 9.18 Å². The fraction of sp³-hybridized carbons (Fsp3) is 0.533. The topological polar surface area (TPSA) is 41.6 Å². The van der Waals surface area contributed by atoms with Gasteiger partial charge < -0.3 is 15.0 Å². The maximum atomic E-state index is 13.4. The van der Waals surface area contributed by atoms with Gasteiger partial charge in [0, 0.05) is 26.7 Å². The zero-order chi connectivity index (χ0) is 14.4. The van der Waals surface area contributed by atoms with E-state index in [1.807, 2.05) is 6.07 Å². The van der Waals surface area contributed by atoms with Gasteiger partial charge in [-0.25, -0.2) is 9.18 Å². The molecule has 1 atom stereocenters. The highest BCUT2D eigenvalue weighted by Gasteiger charge is 2.25. The molecule has 20 heavy (non-hydrogen) atoms.